The molecule has 8 nitrogen and oxygen atoms in total. The van der Waals surface area contributed by atoms with E-state index in [1.165, 1.54) is 0 Å². The molecule has 1 atom stereocenters. The van der Waals surface area contributed by atoms with E-state index in [0.717, 1.165) is 47.4 Å². The Morgan fingerprint density at radius 2 is 2.17 bits per heavy atom. The van der Waals surface area contributed by atoms with Gasteiger partial charge in [-0.05, 0) is 43.5 Å². The van der Waals surface area contributed by atoms with Gasteiger partial charge in [-0.1, -0.05) is 6.07 Å². The number of aromatic nitrogens is 6. The van der Waals surface area contributed by atoms with Gasteiger partial charge >= 0.3 is 0 Å². The standard InChI is InChI=1S/C21H21N7O/c1-13-3-2-9-27-18(13)11-16(25-27)20-19-15(22-12-23-19)7-10-26(20)21(29)17-6-8-24-28(17)14-4-5-14/h2-3,6,8-9,11-12,14,20H,4-5,7,10H2,1H3,(H,22,23). The van der Waals surface area contributed by atoms with E-state index < -0.39 is 0 Å². The first-order valence-electron chi connectivity index (χ1n) is 10.0. The summed E-state index contributed by atoms with van der Waals surface area (Å²) in [6.45, 7) is 2.68. The lowest BCUT2D eigenvalue weighted by atomic mass is 9.99. The van der Waals surface area contributed by atoms with Crippen molar-refractivity contribution in [2.75, 3.05) is 6.54 Å². The quantitative estimate of drug-likeness (QED) is 0.586. The van der Waals surface area contributed by atoms with Crippen molar-refractivity contribution < 1.29 is 4.79 Å². The van der Waals surface area contributed by atoms with Crippen molar-refractivity contribution in [2.24, 2.45) is 0 Å². The summed E-state index contributed by atoms with van der Waals surface area (Å²) in [5, 5.41) is 9.21. The van der Waals surface area contributed by atoms with E-state index in [0.29, 0.717) is 18.3 Å². The molecule has 8 heteroatoms. The number of amides is 1. The molecule has 0 bridgehead atoms. The molecule has 5 heterocycles. The Kier molecular flexibility index (Phi) is 3.44. The number of carbonyl (C=O) groups excluding carboxylic acids is 1. The summed E-state index contributed by atoms with van der Waals surface area (Å²) in [6.07, 6.45) is 8.29. The number of hydrogen-bond acceptors (Lipinski definition) is 4. The molecule has 2 aliphatic rings. The highest BCUT2D eigenvalue weighted by Crippen LogP contribution is 2.38. The fourth-order valence-electron chi connectivity index (χ4n) is 4.35. The first kappa shape index (κ1) is 16.5. The van der Waals surface area contributed by atoms with Crippen LogP contribution in [-0.4, -0.2) is 46.7 Å². The van der Waals surface area contributed by atoms with E-state index in [9.17, 15) is 4.79 Å². The van der Waals surface area contributed by atoms with Gasteiger partial charge in [-0.25, -0.2) is 9.50 Å². The molecule has 1 aliphatic heterocycles. The molecule has 1 aliphatic carbocycles. The first-order valence-corrected chi connectivity index (χ1v) is 10.0. The minimum absolute atomic E-state index is 0.0122. The van der Waals surface area contributed by atoms with Crippen molar-refractivity contribution in [3.8, 4) is 0 Å². The molecule has 0 aromatic carbocycles. The Balaban J connectivity index is 1.47. The number of H-pyrrole nitrogens is 1. The molecule has 1 amide bonds. The molecule has 0 spiro atoms. The molecule has 1 unspecified atom stereocenters. The number of fused-ring (bicyclic) bond motifs is 2. The van der Waals surface area contributed by atoms with Gasteiger partial charge in [0.05, 0.1) is 29.3 Å². The lowest BCUT2D eigenvalue weighted by Crippen LogP contribution is -2.41. The van der Waals surface area contributed by atoms with E-state index in [1.807, 2.05) is 32.4 Å². The maximum absolute atomic E-state index is 13.6. The van der Waals surface area contributed by atoms with Gasteiger partial charge in [-0.2, -0.15) is 10.2 Å². The Bertz CT molecular complexity index is 1230. The SMILES string of the molecule is Cc1cccn2nc(C3c4nc[nH]c4CCN3C(=O)c3ccnn3C3CC3)cc12. The highest BCUT2D eigenvalue weighted by Gasteiger charge is 2.38. The number of rotatable bonds is 3. The van der Waals surface area contributed by atoms with Gasteiger partial charge in [0.2, 0.25) is 0 Å². The lowest BCUT2D eigenvalue weighted by molar-refractivity contribution is 0.0673. The van der Waals surface area contributed by atoms with Crippen LogP contribution in [0.4, 0.5) is 0 Å². The van der Waals surface area contributed by atoms with Gasteiger partial charge in [0.25, 0.3) is 5.91 Å². The molecular weight excluding hydrogens is 366 g/mol. The molecule has 6 rings (SSSR count). The molecule has 0 radical (unpaired) electrons. The van der Waals surface area contributed by atoms with Crippen LogP contribution in [0.1, 0.15) is 58.1 Å². The Hall–Kier alpha value is -3.42. The van der Waals surface area contributed by atoms with Crippen molar-refractivity contribution in [2.45, 2.75) is 38.3 Å². The maximum Gasteiger partial charge on any atom is 0.273 e. The molecular formula is C21H21N7O. The number of aryl methyl sites for hydroxylation is 1. The first-order chi connectivity index (χ1) is 14.2. The molecule has 29 heavy (non-hydrogen) atoms. The second-order valence-electron chi connectivity index (χ2n) is 7.90. The van der Waals surface area contributed by atoms with E-state index in [-0.39, 0.29) is 11.9 Å². The summed E-state index contributed by atoms with van der Waals surface area (Å²) < 4.78 is 3.76. The number of carbonyl (C=O) groups is 1. The van der Waals surface area contributed by atoms with Gasteiger partial charge in [-0.3, -0.25) is 9.48 Å². The second-order valence-corrected chi connectivity index (χ2v) is 7.90. The fraction of sp³-hybridized carbons (Fsp3) is 0.333. The Morgan fingerprint density at radius 1 is 1.28 bits per heavy atom. The number of imidazole rings is 1. The number of pyridine rings is 1. The van der Waals surface area contributed by atoms with Crippen molar-refractivity contribution in [1.82, 2.24) is 34.3 Å². The molecule has 0 saturated heterocycles. The van der Waals surface area contributed by atoms with Crippen LogP contribution >= 0.6 is 0 Å². The Labute approximate surface area is 167 Å². The van der Waals surface area contributed by atoms with Crippen LogP contribution in [0, 0.1) is 6.92 Å². The molecule has 4 aromatic heterocycles. The minimum atomic E-state index is -0.320. The number of aromatic amines is 1. The summed E-state index contributed by atoms with van der Waals surface area (Å²) in [5.74, 6) is -0.0122. The maximum atomic E-state index is 13.6. The second kappa shape index (κ2) is 6.04. The molecule has 1 fully saturated rings. The summed E-state index contributed by atoms with van der Waals surface area (Å²) >= 11 is 0. The zero-order valence-electron chi connectivity index (χ0n) is 16.1. The summed E-state index contributed by atoms with van der Waals surface area (Å²) in [6, 6.07) is 7.98. The molecule has 1 N–H and O–H groups in total. The zero-order chi connectivity index (χ0) is 19.5. The van der Waals surface area contributed by atoms with Crippen molar-refractivity contribution in [1.29, 1.82) is 0 Å². The summed E-state index contributed by atoms with van der Waals surface area (Å²) in [7, 11) is 0. The number of nitrogens with zero attached hydrogens (tertiary/aromatic N) is 6. The average molecular weight is 387 g/mol. The predicted octanol–water partition coefficient (Wildman–Crippen LogP) is 2.69. The highest BCUT2D eigenvalue weighted by molar-refractivity contribution is 5.93. The molecule has 146 valence electrons. The summed E-state index contributed by atoms with van der Waals surface area (Å²) in [5.41, 5.74) is 5.62. The van der Waals surface area contributed by atoms with Crippen molar-refractivity contribution in [3.63, 3.8) is 0 Å². The van der Waals surface area contributed by atoms with Gasteiger partial charge < -0.3 is 9.88 Å². The van der Waals surface area contributed by atoms with E-state index in [4.69, 9.17) is 5.10 Å². The van der Waals surface area contributed by atoms with Gasteiger partial charge in [-0.15, -0.1) is 0 Å². The number of nitrogens with one attached hydrogen (secondary N) is 1. The van der Waals surface area contributed by atoms with Crippen LogP contribution < -0.4 is 0 Å². The van der Waals surface area contributed by atoms with Crippen molar-refractivity contribution >= 4 is 11.4 Å². The van der Waals surface area contributed by atoms with Crippen LogP contribution in [0.15, 0.2) is 43.0 Å². The largest absolute Gasteiger partial charge is 0.348 e. The van der Waals surface area contributed by atoms with Crippen LogP contribution in [-0.2, 0) is 6.42 Å². The third-order valence-electron chi connectivity index (χ3n) is 5.98. The molecule has 1 saturated carbocycles. The molecule has 4 aromatic rings. The summed E-state index contributed by atoms with van der Waals surface area (Å²) in [4.78, 5) is 23.3. The van der Waals surface area contributed by atoms with Crippen molar-refractivity contribution in [3.05, 3.63) is 71.3 Å². The fourth-order valence-corrected chi connectivity index (χ4v) is 4.35. The monoisotopic (exact) mass is 387 g/mol. The van der Waals surface area contributed by atoms with E-state index in [1.54, 1.807) is 12.5 Å². The Morgan fingerprint density at radius 3 is 3.00 bits per heavy atom. The number of hydrogen-bond donors (Lipinski definition) is 1. The van der Waals surface area contributed by atoms with Gasteiger partial charge in [0.1, 0.15) is 11.7 Å². The third kappa shape index (κ3) is 2.52. The highest BCUT2D eigenvalue weighted by atomic mass is 16.2. The van der Waals surface area contributed by atoms with E-state index in [2.05, 4.69) is 34.1 Å². The normalized spacial score (nSPS) is 18.9. The van der Waals surface area contributed by atoms with Gasteiger partial charge in [0.15, 0.2) is 0 Å². The lowest BCUT2D eigenvalue weighted by Gasteiger charge is -2.34. The van der Waals surface area contributed by atoms with Gasteiger partial charge in [0, 0.05) is 31.1 Å². The van der Waals surface area contributed by atoms with Crippen LogP contribution in [0.3, 0.4) is 0 Å². The van der Waals surface area contributed by atoms with Crippen LogP contribution in [0.25, 0.3) is 5.52 Å². The minimum Gasteiger partial charge on any atom is -0.348 e. The van der Waals surface area contributed by atoms with E-state index >= 15 is 0 Å². The van der Waals surface area contributed by atoms with Crippen LogP contribution in [0.5, 0.6) is 0 Å². The third-order valence-corrected chi connectivity index (χ3v) is 5.98. The van der Waals surface area contributed by atoms with Crippen LogP contribution in [0.2, 0.25) is 0 Å². The smallest absolute Gasteiger partial charge is 0.273 e. The zero-order valence-corrected chi connectivity index (χ0v) is 16.1. The average Bonchev–Trinajstić information content (AvgIpc) is 3.13. The predicted molar refractivity (Wildman–Crippen MR) is 106 cm³/mol. The topological polar surface area (TPSA) is 84.1 Å².